The highest BCUT2D eigenvalue weighted by Gasteiger charge is 1.93. The summed E-state index contributed by atoms with van der Waals surface area (Å²) in [5, 5.41) is 2.62. The number of amides is 1. The van der Waals surface area contributed by atoms with E-state index >= 15 is 0 Å². The second-order valence-corrected chi connectivity index (χ2v) is 2.04. The largest absolute Gasteiger partial charge is 0.358 e. The van der Waals surface area contributed by atoms with Gasteiger partial charge in [0, 0.05) is 6.54 Å². The van der Waals surface area contributed by atoms with E-state index in [2.05, 4.69) is 19.2 Å². The molecule has 0 aliphatic heterocycles. The summed E-state index contributed by atoms with van der Waals surface area (Å²) in [6, 6.07) is 0. The van der Waals surface area contributed by atoms with Crippen LogP contribution < -0.4 is 5.32 Å². The molecule has 0 radical (unpaired) electrons. The molecule has 0 aromatic carbocycles. The van der Waals surface area contributed by atoms with E-state index in [9.17, 15) is 4.79 Å². The molecule has 1 atom stereocenters. The van der Waals surface area contributed by atoms with Gasteiger partial charge in [-0.15, -0.1) is 0 Å². The second-order valence-electron chi connectivity index (χ2n) is 2.04. The van der Waals surface area contributed by atoms with Crippen LogP contribution in [0.1, 0.15) is 20.3 Å². The van der Waals surface area contributed by atoms with E-state index in [1.54, 1.807) is 0 Å². The van der Waals surface area contributed by atoms with Crippen LogP contribution in [-0.4, -0.2) is 13.0 Å². The number of rotatable bonds is 4. The predicted molar refractivity (Wildman–Crippen MR) is 33.5 cm³/mol. The highest BCUT2D eigenvalue weighted by Crippen LogP contribution is 1.95. The van der Waals surface area contributed by atoms with Crippen LogP contribution in [0.15, 0.2) is 0 Å². The van der Waals surface area contributed by atoms with Gasteiger partial charge in [-0.1, -0.05) is 20.3 Å². The van der Waals surface area contributed by atoms with E-state index in [-0.39, 0.29) is 0 Å². The van der Waals surface area contributed by atoms with Crippen molar-refractivity contribution in [2.75, 3.05) is 6.54 Å². The standard InChI is InChI=1S/C6H13NO/c1-3-6(2)4-7-5-8/h5-6H,3-4H2,1-2H3,(H,7,8)/t6-/m0/s1. The summed E-state index contributed by atoms with van der Waals surface area (Å²) >= 11 is 0. The van der Waals surface area contributed by atoms with Gasteiger partial charge in [0.25, 0.3) is 0 Å². The highest BCUT2D eigenvalue weighted by atomic mass is 16.1. The molecular weight excluding hydrogens is 102 g/mol. The van der Waals surface area contributed by atoms with Crippen molar-refractivity contribution in [3.63, 3.8) is 0 Å². The summed E-state index contributed by atoms with van der Waals surface area (Å²) in [7, 11) is 0. The molecule has 0 aliphatic carbocycles. The molecule has 2 nitrogen and oxygen atoms in total. The zero-order valence-corrected chi connectivity index (χ0v) is 5.48. The molecule has 0 unspecified atom stereocenters. The Hall–Kier alpha value is -0.530. The minimum absolute atomic E-state index is 0.611. The predicted octanol–water partition coefficient (Wildman–Crippen LogP) is 0.778. The van der Waals surface area contributed by atoms with Crippen LogP contribution in [0.4, 0.5) is 0 Å². The van der Waals surface area contributed by atoms with Crippen LogP contribution in [0.3, 0.4) is 0 Å². The lowest BCUT2D eigenvalue weighted by Crippen LogP contribution is -2.18. The first-order valence-electron chi connectivity index (χ1n) is 2.98. The van der Waals surface area contributed by atoms with Gasteiger partial charge in [-0.25, -0.2) is 0 Å². The van der Waals surface area contributed by atoms with Crippen molar-refractivity contribution in [3.8, 4) is 0 Å². The number of nitrogens with one attached hydrogen (secondary N) is 1. The minimum atomic E-state index is 0.611. The SMILES string of the molecule is CC[C@H](C)CNC=O. The third-order valence-corrected chi connectivity index (χ3v) is 1.25. The monoisotopic (exact) mass is 115 g/mol. The Morgan fingerprint density at radius 3 is 2.75 bits per heavy atom. The third-order valence-electron chi connectivity index (χ3n) is 1.25. The Balaban J connectivity index is 2.97. The van der Waals surface area contributed by atoms with E-state index in [0.717, 1.165) is 19.4 Å². The molecule has 0 aromatic heterocycles. The number of hydrogen-bond donors (Lipinski definition) is 1. The summed E-state index contributed by atoms with van der Waals surface area (Å²) in [5.41, 5.74) is 0. The Bertz CT molecular complexity index is 63.5. The lowest BCUT2D eigenvalue weighted by atomic mass is 10.1. The quantitative estimate of drug-likeness (QED) is 0.539. The number of carbonyl (C=O) groups is 1. The van der Waals surface area contributed by atoms with Crippen LogP contribution in [-0.2, 0) is 4.79 Å². The molecule has 0 saturated carbocycles. The summed E-state index contributed by atoms with van der Waals surface area (Å²) in [6.07, 6.45) is 1.87. The fraction of sp³-hybridized carbons (Fsp3) is 0.833. The maximum atomic E-state index is 9.71. The fourth-order valence-electron chi connectivity index (χ4n) is 0.394. The van der Waals surface area contributed by atoms with Crippen molar-refractivity contribution >= 4 is 6.41 Å². The van der Waals surface area contributed by atoms with E-state index in [4.69, 9.17) is 0 Å². The lowest BCUT2D eigenvalue weighted by Gasteiger charge is -2.04. The summed E-state index contributed by atoms with van der Waals surface area (Å²) in [4.78, 5) is 9.71. The average Bonchev–Trinajstić information content (AvgIpc) is 1.83. The average molecular weight is 115 g/mol. The molecule has 0 aliphatic rings. The molecule has 0 spiro atoms. The van der Waals surface area contributed by atoms with Crippen molar-refractivity contribution in [1.82, 2.24) is 5.32 Å². The lowest BCUT2D eigenvalue weighted by molar-refractivity contribution is -0.109. The van der Waals surface area contributed by atoms with Crippen LogP contribution in [0.2, 0.25) is 0 Å². The topological polar surface area (TPSA) is 29.1 Å². The van der Waals surface area contributed by atoms with Gasteiger partial charge in [0.05, 0.1) is 0 Å². The van der Waals surface area contributed by atoms with Crippen LogP contribution in [0.25, 0.3) is 0 Å². The van der Waals surface area contributed by atoms with E-state index in [1.165, 1.54) is 0 Å². The zero-order valence-electron chi connectivity index (χ0n) is 5.48. The number of carbonyl (C=O) groups excluding carboxylic acids is 1. The Morgan fingerprint density at radius 2 is 2.38 bits per heavy atom. The maximum Gasteiger partial charge on any atom is 0.207 e. The molecule has 1 amide bonds. The fourth-order valence-corrected chi connectivity index (χ4v) is 0.394. The van der Waals surface area contributed by atoms with Gasteiger partial charge in [-0.3, -0.25) is 4.79 Å². The molecule has 0 bridgehead atoms. The molecule has 0 fully saturated rings. The van der Waals surface area contributed by atoms with Gasteiger partial charge in [0.1, 0.15) is 0 Å². The van der Waals surface area contributed by atoms with E-state index in [1.807, 2.05) is 0 Å². The second kappa shape index (κ2) is 4.62. The third kappa shape index (κ3) is 3.65. The Kier molecular flexibility index (Phi) is 4.32. The van der Waals surface area contributed by atoms with Gasteiger partial charge in [-0.05, 0) is 5.92 Å². The van der Waals surface area contributed by atoms with Crippen LogP contribution >= 0.6 is 0 Å². The molecule has 48 valence electrons. The van der Waals surface area contributed by atoms with Crippen molar-refractivity contribution in [2.45, 2.75) is 20.3 Å². The minimum Gasteiger partial charge on any atom is -0.358 e. The molecular formula is C6H13NO. The van der Waals surface area contributed by atoms with E-state index < -0.39 is 0 Å². The maximum absolute atomic E-state index is 9.71. The van der Waals surface area contributed by atoms with Gasteiger partial charge < -0.3 is 5.32 Å². The molecule has 0 rings (SSSR count). The summed E-state index contributed by atoms with van der Waals surface area (Å²) in [6.45, 7) is 5.02. The first-order valence-corrected chi connectivity index (χ1v) is 2.98. The van der Waals surface area contributed by atoms with Gasteiger partial charge in [0.2, 0.25) is 6.41 Å². The van der Waals surface area contributed by atoms with Gasteiger partial charge in [-0.2, -0.15) is 0 Å². The first kappa shape index (κ1) is 7.47. The van der Waals surface area contributed by atoms with Crippen LogP contribution in [0.5, 0.6) is 0 Å². The zero-order chi connectivity index (χ0) is 6.41. The molecule has 8 heavy (non-hydrogen) atoms. The molecule has 1 N–H and O–H groups in total. The Morgan fingerprint density at radius 1 is 1.75 bits per heavy atom. The normalized spacial score (nSPS) is 12.8. The van der Waals surface area contributed by atoms with Crippen molar-refractivity contribution in [1.29, 1.82) is 0 Å². The molecule has 0 saturated heterocycles. The van der Waals surface area contributed by atoms with Crippen molar-refractivity contribution in [2.24, 2.45) is 5.92 Å². The first-order chi connectivity index (χ1) is 3.81. The number of hydrogen-bond acceptors (Lipinski definition) is 1. The molecule has 0 aromatic rings. The van der Waals surface area contributed by atoms with E-state index in [0.29, 0.717) is 5.92 Å². The molecule has 2 heteroatoms. The van der Waals surface area contributed by atoms with Gasteiger partial charge in [0.15, 0.2) is 0 Å². The smallest absolute Gasteiger partial charge is 0.207 e. The summed E-state index contributed by atoms with van der Waals surface area (Å²) < 4.78 is 0. The van der Waals surface area contributed by atoms with Gasteiger partial charge >= 0.3 is 0 Å². The Labute approximate surface area is 50.3 Å². The highest BCUT2D eigenvalue weighted by molar-refractivity contribution is 5.45. The van der Waals surface area contributed by atoms with Crippen molar-refractivity contribution < 1.29 is 4.79 Å². The van der Waals surface area contributed by atoms with Crippen LogP contribution in [0, 0.1) is 5.92 Å². The molecule has 0 heterocycles. The van der Waals surface area contributed by atoms with Crippen molar-refractivity contribution in [3.05, 3.63) is 0 Å². The summed E-state index contributed by atoms with van der Waals surface area (Å²) in [5.74, 6) is 0.611.